The molecule has 7 aromatic heterocycles. The van der Waals surface area contributed by atoms with E-state index in [0.29, 0.717) is 5.56 Å². The normalized spacial score (nSPS) is 14.3. The maximum absolute atomic E-state index is 12.8. The lowest BCUT2D eigenvalue weighted by atomic mass is 9.61. The summed E-state index contributed by atoms with van der Waals surface area (Å²) in [7, 11) is 0. The Kier molecular flexibility index (Phi) is 9.27. The highest BCUT2D eigenvalue weighted by Gasteiger charge is 2.46. The van der Waals surface area contributed by atoms with Crippen LogP contribution in [0.4, 0.5) is 0 Å². The number of pyridine rings is 2. The second kappa shape index (κ2) is 16.4. The second-order valence-electron chi connectivity index (χ2n) is 23.4. The molecule has 0 N–H and O–H groups in total. The molecule has 81 heavy (non-hydrogen) atoms. The number of rotatable bonds is 5. The number of hydrogen-bond donors (Lipinski definition) is 0. The summed E-state index contributed by atoms with van der Waals surface area (Å²) in [5.41, 5.74) is 16.8. The van der Waals surface area contributed by atoms with Crippen molar-refractivity contribution in [3.05, 3.63) is 235 Å². The van der Waals surface area contributed by atoms with Gasteiger partial charge in [0.15, 0.2) is 0 Å². The number of fused-ring (bicyclic) bond motifs is 18. The Morgan fingerprint density at radius 1 is 0.333 bits per heavy atom. The first kappa shape index (κ1) is 45.8. The third-order valence-corrected chi connectivity index (χ3v) is 18.2. The number of para-hydroxylation sites is 6. The van der Waals surface area contributed by atoms with E-state index >= 15 is 0 Å². The number of nitrogens with zero attached hydrogens (tertiary/aromatic N) is 8. The maximum Gasteiger partial charge on any atom is 0.146 e. The summed E-state index contributed by atoms with van der Waals surface area (Å²) in [5.74, 6) is 0. The van der Waals surface area contributed by atoms with Crippen molar-refractivity contribution >= 4 is 109 Å². The molecule has 1 aliphatic rings. The van der Waals surface area contributed by atoms with Crippen LogP contribution in [-0.4, -0.2) is 32.8 Å². The summed E-state index contributed by atoms with van der Waals surface area (Å²) in [5, 5.41) is 23.9. The summed E-state index contributed by atoms with van der Waals surface area (Å²) in [6, 6.07) is 77.7. The van der Waals surface area contributed by atoms with Crippen molar-refractivity contribution in [1.29, 1.82) is 5.26 Å². The van der Waals surface area contributed by atoms with Gasteiger partial charge in [-0.15, -0.1) is 0 Å². The molecule has 1 aliphatic carbocycles. The van der Waals surface area contributed by atoms with Gasteiger partial charge in [-0.3, -0.25) is 4.57 Å². The summed E-state index contributed by atoms with van der Waals surface area (Å²) >= 11 is 0. The molecule has 16 aromatic rings. The van der Waals surface area contributed by atoms with Crippen LogP contribution in [0.5, 0.6) is 0 Å². The van der Waals surface area contributed by atoms with E-state index < -0.39 is 10.8 Å². The van der Waals surface area contributed by atoms with Crippen molar-refractivity contribution in [2.45, 2.75) is 51.4 Å². The standard InChI is InChI=1S/C73H52N8/c1-72(2)39-40-73(3,4)62-61(72)56(43-74)67(79-59-33-17-13-27-48(59)52-37-35-50-46-25-11-15-31-57(46)77(63(50)65(52)79)44-21-7-5-8-22-44)69(68(62)81-70-54(29-19-41-75-70)55-30-20-42-76-71(55)81)80-60-34-18-14-28-49(60)53-38-36-51-47-26-12-16-32-58(47)78(64(51)66(53)80)45-23-9-6-10-24-45/h5-38,41-42H,39-40H2,1-4H3. The number of benzene rings is 9. The molecule has 17 rings (SSSR count). The minimum atomic E-state index is -0.446. The molecular weight excluding hydrogens is 989 g/mol. The van der Waals surface area contributed by atoms with Gasteiger partial charge in [0.05, 0.1) is 66.8 Å². The molecular formula is C73H52N8. The van der Waals surface area contributed by atoms with Gasteiger partial charge in [-0.1, -0.05) is 161 Å². The lowest BCUT2D eigenvalue weighted by molar-refractivity contribution is 0.330. The van der Waals surface area contributed by atoms with Crippen molar-refractivity contribution in [2.75, 3.05) is 0 Å². The fraction of sp³-hybridized carbons (Fsp3) is 0.110. The Hall–Kier alpha value is -10.2. The van der Waals surface area contributed by atoms with Crippen molar-refractivity contribution < 1.29 is 0 Å². The summed E-state index contributed by atoms with van der Waals surface area (Å²) in [4.78, 5) is 10.8. The van der Waals surface area contributed by atoms with Crippen molar-refractivity contribution in [1.82, 2.24) is 32.8 Å². The summed E-state index contributed by atoms with van der Waals surface area (Å²) < 4.78 is 12.4. The average Bonchev–Trinajstić information content (AvgIpc) is 4.47. The minimum Gasteiger partial charge on any atom is -0.307 e. The van der Waals surface area contributed by atoms with Gasteiger partial charge < -0.3 is 18.3 Å². The molecule has 0 radical (unpaired) electrons. The van der Waals surface area contributed by atoms with Gasteiger partial charge in [0.25, 0.3) is 0 Å². The Balaban J connectivity index is 1.23. The van der Waals surface area contributed by atoms with E-state index in [1.54, 1.807) is 0 Å². The molecule has 7 heterocycles. The Labute approximate surface area is 466 Å². The smallest absolute Gasteiger partial charge is 0.146 e. The molecule has 384 valence electrons. The Morgan fingerprint density at radius 2 is 0.679 bits per heavy atom. The van der Waals surface area contributed by atoms with E-state index in [1.165, 1.54) is 0 Å². The minimum absolute atomic E-state index is 0.438. The van der Waals surface area contributed by atoms with Gasteiger partial charge in [-0.05, 0) is 108 Å². The van der Waals surface area contributed by atoms with Crippen LogP contribution >= 0.6 is 0 Å². The molecule has 0 bridgehead atoms. The van der Waals surface area contributed by atoms with Crippen LogP contribution in [-0.2, 0) is 10.8 Å². The molecule has 0 amide bonds. The predicted molar refractivity (Wildman–Crippen MR) is 334 cm³/mol. The molecule has 0 aliphatic heterocycles. The monoisotopic (exact) mass is 1040 g/mol. The lowest BCUT2D eigenvalue weighted by Gasteiger charge is -2.45. The van der Waals surface area contributed by atoms with Crippen LogP contribution in [0.3, 0.4) is 0 Å². The van der Waals surface area contributed by atoms with Crippen molar-refractivity contribution in [2.24, 2.45) is 0 Å². The first-order chi connectivity index (χ1) is 39.7. The van der Waals surface area contributed by atoms with Crippen LogP contribution in [0.1, 0.15) is 57.2 Å². The van der Waals surface area contributed by atoms with Gasteiger partial charge in [-0.2, -0.15) is 5.26 Å². The van der Waals surface area contributed by atoms with E-state index in [1.807, 2.05) is 24.5 Å². The summed E-state index contributed by atoms with van der Waals surface area (Å²) in [6.07, 6.45) is 5.61. The number of hydrogen-bond acceptors (Lipinski definition) is 3. The van der Waals surface area contributed by atoms with Gasteiger partial charge in [0.2, 0.25) is 0 Å². The van der Waals surface area contributed by atoms with Gasteiger partial charge in [-0.25, -0.2) is 9.97 Å². The average molecular weight is 1040 g/mol. The maximum atomic E-state index is 12.8. The first-order valence-corrected chi connectivity index (χ1v) is 28.1. The molecule has 0 fully saturated rings. The van der Waals surface area contributed by atoms with E-state index in [0.717, 1.165) is 162 Å². The number of nitriles is 1. The van der Waals surface area contributed by atoms with E-state index in [2.05, 4.69) is 251 Å². The van der Waals surface area contributed by atoms with Crippen LogP contribution < -0.4 is 0 Å². The topological polar surface area (TPSA) is 74.2 Å². The molecule has 9 aromatic carbocycles. The van der Waals surface area contributed by atoms with E-state index in [-0.39, 0.29) is 0 Å². The van der Waals surface area contributed by atoms with Gasteiger partial charge >= 0.3 is 0 Å². The highest BCUT2D eigenvalue weighted by Crippen LogP contribution is 2.57. The third kappa shape index (κ3) is 6.02. The first-order valence-electron chi connectivity index (χ1n) is 28.1. The molecule has 8 nitrogen and oxygen atoms in total. The highest BCUT2D eigenvalue weighted by molar-refractivity contribution is 6.26. The number of aromatic nitrogens is 7. The van der Waals surface area contributed by atoms with Gasteiger partial charge in [0.1, 0.15) is 17.4 Å². The fourth-order valence-electron chi connectivity index (χ4n) is 14.7. The molecule has 0 atom stereocenters. The van der Waals surface area contributed by atoms with Crippen LogP contribution in [0.2, 0.25) is 0 Å². The van der Waals surface area contributed by atoms with Crippen LogP contribution in [0.25, 0.3) is 138 Å². The fourth-order valence-corrected chi connectivity index (χ4v) is 14.7. The second-order valence-corrected chi connectivity index (χ2v) is 23.4. The van der Waals surface area contributed by atoms with Gasteiger partial charge in [0, 0.05) is 77.6 Å². The van der Waals surface area contributed by atoms with E-state index in [4.69, 9.17) is 9.97 Å². The molecule has 0 saturated carbocycles. The Bertz CT molecular complexity index is 5370. The van der Waals surface area contributed by atoms with Crippen molar-refractivity contribution in [3.8, 4) is 34.5 Å². The molecule has 8 heteroatoms. The summed E-state index contributed by atoms with van der Waals surface area (Å²) in [6.45, 7) is 9.50. The largest absolute Gasteiger partial charge is 0.307 e. The molecule has 0 saturated heterocycles. The third-order valence-electron chi connectivity index (χ3n) is 18.2. The van der Waals surface area contributed by atoms with E-state index in [9.17, 15) is 5.26 Å². The van der Waals surface area contributed by atoms with Crippen molar-refractivity contribution in [3.63, 3.8) is 0 Å². The highest BCUT2D eigenvalue weighted by atomic mass is 15.2. The quantitative estimate of drug-likeness (QED) is 0.172. The zero-order valence-electron chi connectivity index (χ0n) is 45.3. The SMILES string of the molecule is CC1(C)CCC(C)(C)c2c(-n3c4ncccc4c4cccnc43)c(-n3c4ccccc4c4ccc5c6ccccc6n(-c6ccccc6)c5c43)c(-n3c4ccccc4c4ccc5c6ccccc6n(-c6ccccc6)c5c43)c(C#N)c21. The predicted octanol–water partition coefficient (Wildman–Crippen LogP) is 18.2. The Morgan fingerprint density at radius 3 is 1.10 bits per heavy atom. The molecule has 0 spiro atoms. The van der Waals surface area contributed by atoms with Crippen LogP contribution in [0.15, 0.2) is 219 Å². The lowest BCUT2D eigenvalue weighted by Crippen LogP contribution is -2.37. The zero-order chi connectivity index (χ0) is 54.0. The zero-order valence-corrected chi connectivity index (χ0v) is 45.3. The van der Waals surface area contributed by atoms with Crippen LogP contribution in [0, 0.1) is 11.3 Å². The molecule has 0 unspecified atom stereocenters.